The van der Waals surface area contributed by atoms with E-state index in [4.69, 9.17) is 4.74 Å². The highest BCUT2D eigenvalue weighted by Gasteiger charge is 2.17. The van der Waals surface area contributed by atoms with Gasteiger partial charge in [-0.15, -0.1) is 0 Å². The van der Waals surface area contributed by atoms with Crippen LogP contribution in [0.1, 0.15) is 71.6 Å². The number of hydrogen-bond acceptors (Lipinski definition) is 2. The molecule has 1 unspecified atom stereocenters. The predicted octanol–water partition coefficient (Wildman–Crippen LogP) is 4.33. The van der Waals surface area contributed by atoms with Crippen molar-refractivity contribution in [3.63, 3.8) is 0 Å². The van der Waals surface area contributed by atoms with Gasteiger partial charge >= 0.3 is 5.97 Å². The van der Waals surface area contributed by atoms with Crippen LogP contribution in [0.25, 0.3) is 0 Å². The molecule has 2 nitrogen and oxygen atoms in total. The van der Waals surface area contributed by atoms with Crippen molar-refractivity contribution in [1.29, 1.82) is 0 Å². The fourth-order valence-electron chi connectivity index (χ4n) is 2.00. The molecule has 0 aromatic heterocycles. The molecule has 0 saturated heterocycles. The number of ether oxygens (including phenoxy) is 1. The molecule has 0 aliphatic heterocycles. The van der Waals surface area contributed by atoms with Gasteiger partial charge in [-0.1, -0.05) is 58.8 Å². The Morgan fingerprint density at radius 2 is 1.44 bits per heavy atom. The first kappa shape index (κ1) is 15.5. The van der Waals surface area contributed by atoms with E-state index in [9.17, 15) is 4.79 Å². The molecule has 0 amide bonds. The van der Waals surface area contributed by atoms with Gasteiger partial charge in [0, 0.05) is 0 Å². The minimum Gasteiger partial charge on any atom is -0.469 e. The van der Waals surface area contributed by atoms with Crippen LogP contribution in [0.5, 0.6) is 0 Å². The smallest absolute Gasteiger partial charge is 0.308 e. The van der Waals surface area contributed by atoms with Crippen LogP contribution in [-0.2, 0) is 9.53 Å². The first-order valence-electron chi connectivity index (χ1n) is 6.84. The molecule has 0 spiro atoms. The van der Waals surface area contributed by atoms with Gasteiger partial charge in [0.25, 0.3) is 0 Å². The number of esters is 1. The predicted molar refractivity (Wildman–Crippen MR) is 68.4 cm³/mol. The average Bonchev–Trinajstić information content (AvgIpc) is 2.31. The Balaban J connectivity index is 3.77. The lowest BCUT2D eigenvalue weighted by Gasteiger charge is -2.14. The van der Waals surface area contributed by atoms with Crippen LogP contribution in [-0.4, -0.2) is 13.1 Å². The molecular formula is C14H28O2. The van der Waals surface area contributed by atoms with E-state index in [-0.39, 0.29) is 11.9 Å². The molecule has 1 atom stereocenters. The second-order valence-corrected chi connectivity index (χ2v) is 4.57. The first-order chi connectivity index (χ1) is 7.76. The summed E-state index contributed by atoms with van der Waals surface area (Å²) in [7, 11) is 1.50. The molecule has 0 aromatic carbocycles. The molecule has 0 bridgehead atoms. The molecule has 0 radical (unpaired) electrons. The van der Waals surface area contributed by atoms with Crippen LogP contribution in [0.15, 0.2) is 0 Å². The summed E-state index contributed by atoms with van der Waals surface area (Å²) >= 11 is 0. The van der Waals surface area contributed by atoms with Gasteiger partial charge in [0.2, 0.25) is 0 Å². The Bertz CT molecular complexity index is 166. The normalized spacial score (nSPS) is 12.4. The molecule has 96 valence electrons. The van der Waals surface area contributed by atoms with Gasteiger partial charge in [0.1, 0.15) is 0 Å². The Morgan fingerprint density at radius 1 is 0.938 bits per heavy atom. The van der Waals surface area contributed by atoms with Crippen molar-refractivity contribution >= 4 is 5.97 Å². The summed E-state index contributed by atoms with van der Waals surface area (Å²) in [5.41, 5.74) is 0. The second kappa shape index (κ2) is 11.0. The zero-order valence-electron chi connectivity index (χ0n) is 11.3. The van der Waals surface area contributed by atoms with Crippen LogP contribution < -0.4 is 0 Å². The largest absolute Gasteiger partial charge is 0.469 e. The number of hydrogen-bond donors (Lipinski definition) is 0. The molecule has 0 aliphatic carbocycles. The molecule has 0 fully saturated rings. The third kappa shape index (κ3) is 7.72. The molecule has 0 saturated carbocycles. The SMILES string of the molecule is CCCCCCC(CCCCC)C(=O)OC. The van der Waals surface area contributed by atoms with Crippen LogP contribution >= 0.6 is 0 Å². The van der Waals surface area contributed by atoms with Gasteiger partial charge in [-0.05, 0) is 12.8 Å². The summed E-state index contributed by atoms with van der Waals surface area (Å²) in [6, 6.07) is 0. The topological polar surface area (TPSA) is 26.3 Å². The minimum absolute atomic E-state index is 0.00685. The quantitative estimate of drug-likeness (QED) is 0.411. The zero-order chi connectivity index (χ0) is 12.2. The van der Waals surface area contributed by atoms with E-state index in [0.717, 1.165) is 19.3 Å². The van der Waals surface area contributed by atoms with Gasteiger partial charge in [-0.25, -0.2) is 0 Å². The highest BCUT2D eigenvalue weighted by molar-refractivity contribution is 5.72. The fourth-order valence-corrected chi connectivity index (χ4v) is 2.00. The van der Waals surface area contributed by atoms with E-state index in [1.165, 1.54) is 45.6 Å². The fraction of sp³-hybridized carbons (Fsp3) is 0.929. The average molecular weight is 228 g/mol. The van der Waals surface area contributed by atoms with Crippen LogP contribution in [0, 0.1) is 5.92 Å². The van der Waals surface area contributed by atoms with E-state index in [1.807, 2.05) is 0 Å². The molecule has 2 heteroatoms. The van der Waals surface area contributed by atoms with E-state index < -0.39 is 0 Å². The van der Waals surface area contributed by atoms with Gasteiger partial charge in [-0.3, -0.25) is 4.79 Å². The lowest BCUT2D eigenvalue weighted by atomic mass is 9.95. The number of rotatable bonds is 10. The maximum Gasteiger partial charge on any atom is 0.308 e. The van der Waals surface area contributed by atoms with Crippen LogP contribution in [0.3, 0.4) is 0 Å². The van der Waals surface area contributed by atoms with Crippen molar-refractivity contribution in [3.05, 3.63) is 0 Å². The summed E-state index contributed by atoms with van der Waals surface area (Å²) in [5.74, 6) is 0.140. The number of unbranched alkanes of at least 4 members (excludes halogenated alkanes) is 5. The standard InChI is InChI=1S/C14H28O2/c1-4-6-8-10-12-13(14(15)16-3)11-9-7-5-2/h13H,4-12H2,1-3H3. The van der Waals surface area contributed by atoms with E-state index in [1.54, 1.807) is 0 Å². The minimum atomic E-state index is -0.00685. The monoisotopic (exact) mass is 228 g/mol. The van der Waals surface area contributed by atoms with E-state index in [2.05, 4.69) is 13.8 Å². The number of carbonyl (C=O) groups is 1. The van der Waals surface area contributed by atoms with Gasteiger partial charge in [0.05, 0.1) is 13.0 Å². The van der Waals surface area contributed by atoms with Crippen LogP contribution in [0.4, 0.5) is 0 Å². The van der Waals surface area contributed by atoms with Crippen molar-refractivity contribution in [2.24, 2.45) is 5.92 Å². The molecule has 0 heterocycles. The van der Waals surface area contributed by atoms with Crippen LogP contribution in [0.2, 0.25) is 0 Å². The maximum absolute atomic E-state index is 11.5. The third-order valence-corrected chi connectivity index (χ3v) is 3.10. The summed E-state index contributed by atoms with van der Waals surface area (Å²) in [6.45, 7) is 4.40. The van der Waals surface area contributed by atoms with E-state index in [0.29, 0.717) is 0 Å². The lowest BCUT2D eigenvalue weighted by Crippen LogP contribution is -2.16. The molecule has 0 aliphatic rings. The Hall–Kier alpha value is -0.530. The second-order valence-electron chi connectivity index (χ2n) is 4.57. The van der Waals surface area contributed by atoms with E-state index >= 15 is 0 Å². The van der Waals surface area contributed by atoms with Gasteiger partial charge in [-0.2, -0.15) is 0 Å². The van der Waals surface area contributed by atoms with Crippen molar-refractivity contribution in [2.45, 2.75) is 71.6 Å². The molecule has 0 N–H and O–H groups in total. The summed E-state index contributed by atoms with van der Waals surface area (Å²) in [6.07, 6.45) is 10.6. The van der Waals surface area contributed by atoms with Crippen molar-refractivity contribution in [2.75, 3.05) is 7.11 Å². The van der Waals surface area contributed by atoms with Crippen molar-refractivity contribution < 1.29 is 9.53 Å². The number of carbonyl (C=O) groups excluding carboxylic acids is 1. The van der Waals surface area contributed by atoms with Crippen molar-refractivity contribution in [3.8, 4) is 0 Å². The molecule has 0 aromatic rings. The zero-order valence-corrected chi connectivity index (χ0v) is 11.3. The lowest BCUT2D eigenvalue weighted by molar-refractivity contribution is -0.146. The molecule has 0 rings (SSSR count). The number of methoxy groups -OCH3 is 1. The maximum atomic E-state index is 11.5. The summed E-state index contributed by atoms with van der Waals surface area (Å²) < 4.78 is 4.86. The molecule has 16 heavy (non-hydrogen) atoms. The Morgan fingerprint density at radius 3 is 1.94 bits per heavy atom. The summed E-state index contributed by atoms with van der Waals surface area (Å²) in [5, 5.41) is 0. The van der Waals surface area contributed by atoms with Gasteiger partial charge in [0.15, 0.2) is 0 Å². The Kier molecular flexibility index (Phi) is 10.6. The summed E-state index contributed by atoms with van der Waals surface area (Å²) in [4.78, 5) is 11.5. The van der Waals surface area contributed by atoms with Crippen molar-refractivity contribution in [1.82, 2.24) is 0 Å². The molecular weight excluding hydrogens is 200 g/mol. The van der Waals surface area contributed by atoms with Gasteiger partial charge < -0.3 is 4.74 Å². The Labute approximate surface area is 101 Å². The first-order valence-corrected chi connectivity index (χ1v) is 6.84. The third-order valence-electron chi connectivity index (χ3n) is 3.10. The highest BCUT2D eigenvalue weighted by atomic mass is 16.5. The highest BCUT2D eigenvalue weighted by Crippen LogP contribution is 2.19.